The molecule has 0 spiro atoms. The van der Waals surface area contributed by atoms with Crippen LogP contribution >= 0.6 is 0 Å². The Hall–Kier alpha value is -2.11. The van der Waals surface area contributed by atoms with Crippen molar-refractivity contribution >= 4 is 22.0 Å². The maximum Gasteiger partial charge on any atom is 0.321 e. The van der Waals surface area contributed by atoms with E-state index in [1.165, 1.54) is 0 Å². The van der Waals surface area contributed by atoms with Crippen molar-refractivity contribution in [3.05, 3.63) is 29.8 Å². The van der Waals surface area contributed by atoms with E-state index < -0.39 is 38.5 Å². The molecule has 1 heterocycles. The van der Waals surface area contributed by atoms with Gasteiger partial charge in [-0.25, -0.2) is 22.0 Å². The number of imide groups is 1. The Morgan fingerprint density at radius 1 is 1.14 bits per heavy atom. The molecule has 11 heteroatoms. The van der Waals surface area contributed by atoms with Crippen LogP contribution in [0.15, 0.2) is 23.1 Å². The topological polar surface area (TPSA) is 98.8 Å². The predicted octanol–water partition coefficient (Wildman–Crippen LogP) is 0.895. The molecule has 1 aliphatic heterocycles. The molecule has 1 atom stereocenters. The van der Waals surface area contributed by atoms with E-state index in [9.17, 15) is 26.8 Å². The standard InChI is InChI=1S/C17H24F2N4O4S/c1-3-12(2)20-17(25)21-15(24)11-22-7-9-23(10-8-22)28(26,27)16-13(18)5-4-6-14(16)19/h4-6,12H,3,7-11H2,1-2H3,(H2,20,21,24,25)/t12-/m0/s1. The van der Waals surface area contributed by atoms with Crippen LogP contribution in [0.1, 0.15) is 20.3 Å². The van der Waals surface area contributed by atoms with Gasteiger partial charge in [0.25, 0.3) is 0 Å². The highest BCUT2D eigenvalue weighted by molar-refractivity contribution is 7.89. The summed E-state index contributed by atoms with van der Waals surface area (Å²) in [4.78, 5) is 24.3. The number of halogens is 2. The lowest BCUT2D eigenvalue weighted by atomic mass is 10.3. The van der Waals surface area contributed by atoms with Crippen LogP contribution < -0.4 is 10.6 Å². The normalized spacial score (nSPS) is 17.1. The molecule has 0 radical (unpaired) electrons. The van der Waals surface area contributed by atoms with Crippen molar-refractivity contribution in [2.45, 2.75) is 31.2 Å². The first kappa shape index (κ1) is 22.2. The van der Waals surface area contributed by atoms with E-state index >= 15 is 0 Å². The van der Waals surface area contributed by atoms with Gasteiger partial charge in [-0.1, -0.05) is 13.0 Å². The third-order valence-corrected chi connectivity index (χ3v) is 6.41. The summed E-state index contributed by atoms with van der Waals surface area (Å²) in [7, 11) is -4.32. The Labute approximate surface area is 162 Å². The Balaban J connectivity index is 1.90. The second kappa shape index (κ2) is 9.39. The third kappa shape index (κ3) is 5.46. The monoisotopic (exact) mass is 418 g/mol. The van der Waals surface area contributed by atoms with Crippen molar-refractivity contribution in [3.8, 4) is 0 Å². The molecule has 1 aromatic rings. The Kier molecular flexibility index (Phi) is 7.44. The van der Waals surface area contributed by atoms with Crippen LogP contribution in [0.2, 0.25) is 0 Å². The number of sulfonamides is 1. The maximum atomic E-state index is 13.8. The van der Waals surface area contributed by atoms with E-state index in [0.29, 0.717) is 0 Å². The fourth-order valence-electron chi connectivity index (χ4n) is 2.72. The van der Waals surface area contributed by atoms with Gasteiger partial charge in [0, 0.05) is 32.2 Å². The summed E-state index contributed by atoms with van der Waals surface area (Å²) >= 11 is 0. The molecule has 3 amide bonds. The molecule has 2 N–H and O–H groups in total. The highest BCUT2D eigenvalue weighted by atomic mass is 32.2. The molecule has 28 heavy (non-hydrogen) atoms. The lowest BCUT2D eigenvalue weighted by Gasteiger charge is -2.33. The van der Waals surface area contributed by atoms with Crippen molar-refractivity contribution in [2.24, 2.45) is 0 Å². The zero-order valence-corrected chi connectivity index (χ0v) is 16.6. The molecule has 0 bridgehead atoms. The molecule has 0 saturated carbocycles. The summed E-state index contributed by atoms with van der Waals surface area (Å²) in [5.74, 6) is -2.81. The summed E-state index contributed by atoms with van der Waals surface area (Å²) in [6, 6.07) is 2.22. The molecule has 0 unspecified atom stereocenters. The molecule has 0 aliphatic carbocycles. The molecule has 156 valence electrons. The molecule has 1 aliphatic rings. The Bertz CT molecular complexity index is 806. The maximum absolute atomic E-state index is 13.8. The van der Waals surface area contributed by atoms with Gasteiger partial charge in [-0.2, -0.15) is 4.31 Å². The van der Waals surface area contributed by atoms with E-state index in [2.05, 4.69) is 10.6 Å². The molecule has 2 rings (SSSR count). The third-order valence-electron chi connectivity index (χ3n) is 4.46. The van der Waals surface area contributed by atoms with Gasteiger partial charge >= 0.3 is 6.03 Å². The van der Waals surface area contributed by atoms with Crippen LogP contribution in [0, 0.1) is 11.6 Å². The summed E-state index contributed by atoms with van der Waals surface area (Å²) in [6.07, 6.45) is 0.723. The fraction of sp³-hybridized carbons (Fsp3) is 0.529. The van der Waals surface area contributed by atoms with Gasteiger partial charge in [-0.05, 0) is 25.5 Å². The van der Waals surface area contributed by atoms with Crippen LogP contribution in [0.5, 0.6) is 0 Å². The minimum absolute atomic E-state index is 0.0253. The highest BCUT2D eigenvalue weighted by Gasteiger charge is 2.33. The number of carbonyl (C=O) groups is 2. The quantitative estimate of drug-likeness (QED) is 0.715. The van der Waals surface area contributed by atoms with E-state index in [1.807, 2.05) is 13.8 Å². The molecule has 8 nitrogen and oxygen atoms in total. The van der Waals surface area contributed by atoms with Crippen molar-refractivity contribution < 1.29 is 26.8 Å². The number of amides is 3. The first-order valence-electron chi connectivity index (χ1n) is 8.92. The first-order valence-corrected chi connectivity index (χ1v) is 10.4. The van der Waals surface area contributed by atoms with Gasteiger partial charge < -0.3 is 5.32 Å². The molecule has 0 aromatic heterocycles. The van der Waals surface area contributed by atoms with Gasteiger partial charge in [0.05, 0.1) is 6.54 Å². The number of benzene rings is 1. The molecule has 1 fully saturated rings. The van der Waals surface area contributed by atoms with Gasteiger partial charge in [-0.3, -0.25) is 15.0 Å². The molecule has 1 aromatic carbocycles. The van der Waals surface area contributed by atoms with Gasteiger partial charge in [0.2, 0.25) is 15.9 Å². The Morgan fingerprint density at radius 2 is 1.71 bits per heavy atom. The zero-order valence-electron chi connectivity index (χ0n) is 15.7. The van der Waals surface area contributed by atoms with Crippen LogP contribution in [0.25, 0.3) is 0 Å². The summed E-state index contributed by atoms with van der Waals surface area (Å²) in [5.41, 5.74) is 0. The number of urea groups is 1. The minimum atomic E-state index is -4.32. The number of piperazine rings is 1. The van der Waals surface area contributed by atoms with Crippen LogP contribution in [-0.4, -0.2) is 68.3 Å². The fourth-order valence-corrected chi connectivity index (χ4v) is 4.25. The summed E-state index contributed by atoms with van der Waals surface area (Å²) in [5, 5.41) is 4.82. The van der Waals surface area contributed by atoms with Gasteiger partial charge in [0.1, 0.15) is 11.6 Å². The van der Waals surface area contributed by atoms with Crippen molar-refractivity contribution in [1.82, 2.24) is 19.8 Å². The lowest BCUT2D eigenvalue weighted by Crippen LogP contribution is -2.52. The highest BCUT2D eigenvalue weighted by Crippen LogP contribution is 2.23. The number of hydrogen-bond acceptors (Lipinski definition) is 5. The predicted molar refractivity (Wildman–Crippen MR) is 98.0 cm³/mol. The van der Waals surface area contributed by atoms with Gasteiger partial charge in [-0.15, -0.1) is 0 Å². The molecular formula is C17H24F2N4O4S. The lowest BCUT2D eigenvalue weighted by molar-refractivity contribution is -0.121. The number of nitrogens with one attached hydrogen (secondary N) is 2. The van der Waals surface area contributed by atoms with E-state index in [-0.39, 0.29) is 38.8 Å². The molecule has 1 saturated heterocycles. The van der Waals surface area contributed by atoms with Gasteiger partial charge in [0.15, 0.2) is 4.90 Å². The van der Waals surface area contributed by atoms with Crippen LogP contribution in [0.4, 0.5) is 13.6 Å². The largest absolute Gasteiger partial charge is 0.335 e. The molecular weight excluding hydrogens is 394 g/mol. The average molecular weight is 418 g/mol. The van der Waals surface area contributed by atoms with Crippen molar-refractivity contribution in [3.63, 3.8) is 0 Å². The second-order valence-corrected chi connectivity index (χ2v) is 8.44. The summed E-state index contributed by atoms with van der Waals surface area (Å²) in [6.45, 7) is 3.95. The van der Waals surface area contributed by atoms with E-state index in [4.69, 9.17) is 0 Å². The smallest absolute Gasteiger partial charge is 0.321 e. The number of carbonyl (C=O) groups excluding carboxylic acids is 2. The van der Waals surface area contributed by atoms with Crippen molar-refractivity contribution in [2.75, 3.05) is 32.7 Å². The first-order chi connectivity index (χ1) is 13.1. The van der Waals surface area contributed by atoms with E-state index in [0.717, 1.165) is 28.9 Å². The van der Waals surface area contributed by atoms with E-state index in [1.54, 1.807) is 4.90 Å². The van der Waals surface area contributed by atoms with Crippen LogP contribution in [-0.2, 0) is 14.8 Å². The summed E-state index contributed by atoms with van der Waals surface area (Å²) < 4.78 is 53.7. The number of rotatable bonds is 6. The average Bonchev–Trinajstić information content (AvgIpc) is 2.61. The second-order valence-electron chi connectivity index (χ2n) is 6.56. The minimum Gasteiger partial charge on any atom is -0.335 e. The zero-order chi connectivity index (χ0) is 20.9. The number of nitrogens with zero attached hydrogens (tertiary/aromatic N) is 2. The van der Waals surface area contributed by atoms with Crippen molar-refractivity contribution in [1.29, 1.82) is 0 Å². The number of hydrogen-bond donors (Lipinski definition) is 2. The van der Waals surface area contributed by atoms with Crippen LogP contribution in [0.3, 0.4) is 0 Å². The Morgan fingerprint density at radius 3 is 2.25 bits per heavy atom. The SMILES string of the molecule is CC[C@H](C)NC(=O)NC(=O)CN1CCN(S(=O)(=O)c2c(F)cccc2F)CC1.